The molecule has 0 atom stereocenters. The lowest BCUT2D eigenvalue weighted by atomic mass is 10.1. The predicted molar refractivity (Wildman–Crippen MR) is 73.2 cm³/mol. The highest BCUT2D eigenvalue weighted by molar-refractivity contribution is 5.61. The monoisotopic (exact) mass is 221 g/mol. The van der Waals surface area contributed by atoms with Crippen molar-refractivity contribution in [3.63, 3.8) is 0 Å². The zero-order valence-electron chi connectivity index (χ0n) is 10.1. The van der Waals surface area contributed by atoms with Crippen LogP contribution in [0.25, 0.3) is 0 Å². The van der Waals surface area contributed by atoms with Crippen LogP contribution in [0, 0.1) is 11.8 Å². The third-order valence-corrected chi connectivity index (χ3v) is 2.50. The molecule has 0 aromatic heterocycles. The Hall–Kier alpha value is -2.20. The van der Waals surface area contributed by atoms with Gasteiger partial charge in [0.25, 0.3) is 0 Å². The standard InChI is InChI=1S/C16H15N/c1-17(2)16-11-7-6-10-15(16)13-12-14-8-4-3-5-9-14/h3-11H,1-2H3. The zero-order valence-corrected chi connectivity index (χ0v) is 10.1. The van der Waals surface area contributed by atoms with Crippen molar-refractivity contribution in [3.05, 3.63) is 65.7 Å². The maximum absolute atomic E-state index is 3.22. The van der Waals surface area contributed by atoms with Crippen molar-refractivity contribution >= 4 is 5.69 Å². The first-order valence-corrected chi connectivity index (χ1v) is 5.61. The van der Waals surface area contributed by atoms with Crippen LogP contribution in [0.1, 0.15) is 11.1 Å². The zero-order chi connectivity index (χ0) is 12.1. The lowest BCUT2D eigenvalue weighted by Crippen LogP contribution is -2.09. The maximum atomic E-state index is 3.22. The van der Waals surface area contributed by atoms with Gasteiger partial charge >= 0.3 is 0 Å². The molecular weight excluding hydrogens is 206 g/mol. The van der Waals surface area contributed by atoms with Crippen molar-refractivity contribution < 1.29 is 0 Å². The quantitative estimate of drug-likeness (QED) is 0.669. The smallest absolute Gasteiger partial charge is 0.0520 e. The first-order valence-electron chi connectivity index (χ1n) is 5.61. The van der Waals surface area contributed by atoms with Gasteiger partial charge in [0.15, 0.2) is 0 Å². The third-order valence-electron chi connectivity index (χ3n) is 2.50. The highest BCUT2D eigenvalue weighted by Gasteiger charge is 1.99. The van der Waals surface area contributed by atoms with Crippen LogP contribution in [0.4, 0.5) is 5.69 Å². The molecule has 0 saturated heterocycles. The second kappa shape index (κ2) is 5.23. The number of para-hydroxylation sites is 1. The van der Waals surface area contributed by atoms with Crippen molar-refractivity contribution in [1.82, 2.24) is 0 Å². The fraction of sp³-hybridized carbons (Fsp3) is 0.125. The Morgan fingerprint density at radius 2 is 1.41 bits per heavy atom. The molecule has 1 nitrogen and oxygen atoms in total. The van der Waals surface area contributed by atoms with Crippen molar-refractivity contribution in [2.45, 2.75) is 0 Å². The summed E-state index contributed by atoms with van der Waals surface area (Å²) in [7, 11) is 4.06. The normalized spacial score (nSPS) is 9.29. The van der Waals surface area contributed by atoms with Gasteiger partial charge in [-0.1, -0.05) is 42.2 Å². The molecule has 84 valence electrons. The topological polar surface area (TPSA) is 3.24 Å². The highest BCUT2D eigenvalue weighted by atomic mass is 15.1. The molecule has 2 rings (SSSR count). The van der Waals surface area contributed by atoms with E-state index < -0.39 is 0 Å². The van der Waals surface area contributed by atoms with Crippen LogP contribution in [0.15, 0.2) is 54.6 Å². The molecule has 0 aliphatic carbocycles. The predicted octanol–water partition coefficient (Wildman–Crippen LogP) is 3.15. The number of benzene rings is 2. The molecule has 2 aromatic carbocycles. The van der Waals surface area contributed by atoms with Gasteiger partial charge in [0.2, 0.25) is 0 Å². The molecule has 0 bridgehead atoms. The van der Waals surface area contributed by atoms with Crippen LogP contribution < -0.4 is 4.90 Å². The van der Waals surface area contributed by atoms with E-state index >= 15 is 0 Å². The second-order valence-electron chi connectivity index (χ2n) is 4.03. The summed E-state index contributed by atoms with van der Waals surface area (Å²) in [5.74, 6) is 6.40. The van der Waals surface area contributed by atoms with Gasteiger partial charge in [-0.2, -0.15) is 0 Å². The third kappa shape index (κ3) is 2.89. The van der Waals surface area contributed by atoms with E-state index in [0.717, 1.165) is 16.8 Å². The van der Waals surface area contributed by atoms with Gasteiger partial charge in [-0.3, -0.25) is 0 Å². The molecule has 0 fully saturated rings. The van der Waals surface area contributed by atoms with Crippen LogP contribution in [0.2, 0.25) is 0 Å². The Morgan fingerprint density at radius 3 is 2.12 bits per heavy atom. The van der Waals surface area contributed by atoms with E-state index in [1.807, 2.05) is 62.6 Å². The average Bonchev–Trinajstić information content (AvgIpc) is 2.38. The van der Waals surface area contributed by atoms with Crippen LogP contribution in [0.5, 0.6) is 0 Å². The molecule has 0 amide bonds. The van der Waals surface area contributed by atoms with Gasteiger partial charge < -0.3 is 4.90 Å². The van der Waals surface area contributed by atoms with Crippen molar-refractivity contribution in [1.29, 1.82) is 0 Å². The van der Waals surface area contributed by atoms with Gasteiger partial charge in [0, 0.05) is 25.2 Å². The SMILES string of the molecule is CN(C)c1ccccc1C#Cc1ccccc1. The molecule has 2 aromatic rings. The van der Waals surface area contributed by atoms with E-state index in [1.165, 1.54) is 0 Å². The molecule has 0 aliphatic rings. The largest absolute Gasteiger partial charge is 0.377 e. The molecule has 0 radical (unpaired) electrons. The van der Waals surface area contributed by atoms with Gasteiger partial charge in [0.05, 0.1) is 5.69 Å². The molecule has 0 aliphatic heterocycles. The van der Waals surface area contributed by atoms with Crippen molar-refractivity contribution in [3.8, 4) is 11.8 Å². The van der Waals surface area contributed by atoms with Gasteiger partial charge in [-0.05, 0) is 24.3 Å². The number of anilines is 1. The lowest BCUT2D eigenvalue weighted by Gasteiger charge is -2.13. The summed E-state index contributed by atoms with van der Waals surface area (Å²) in [5.41, 5.74) is 3.25. The highest BCUT2D eigenvalue weighted by Crippen LogP contribution is 2.16. The van der Waals surface area contributed by atoms with Crippen LogP contribution in [-0.2, 0) is 0 Å². The fourth-order valence-electron chi connectivity index (χ4n) is 1.63. The second-order valence-corrected chi connectivity index (χ2v) is 4.03. The van der Waals surface area contributed by atoms with Gasteiger partial charge in [0.1, 0.15) is 0 Å². The van der Waals surface area contributed by atoms with Gasteiger partial charge in [-0.25, -0.2) is 0 Å². The van der Waals surface area contributed by atoms with E-state index in [2.05, 4.69) is 22.8 Å². The van der Waals surface area contributed by atoms with Gasteiger partial charge in [-0.15, -0.1) is 0 Å². The summed E-state index contributed by atoms with van der Waals surface area (Å²) >= 11 is 0. The summed E-state index contributed by atoms with van der Waals surface area (Å²) < 4.78 is 0. The Bertz CT molecular complexity index is 544. The maximum Gasteiger partial charge on any atom is 0.0520 e. The summed E-state index contributed by atoms with van der Waals surface area (Å²) in [5, 5.41) is 0. The molecule has 0 heterocycles. The minimum absolute atomic E-state index is 1.04. The molecule has 0 saturated carbocycles. The Balaban J connectivity index is 2.34. The Morgan fingerprint density at radius 1 is 0.765 bits per heavy atom. The molecule has 0 unspecified atom stereocenters. The summed E-state index contributed by atoms with van der Waals surface area (Å²) in [6.07, 6.45) is 0. The Kier molecular flexibility index (Phi) is 3.47. The fourth-order valence-corrected chi connectivity index (χ4v) is 1.63. The lowest BCUT2D eigenvalue weighted by molar-refractivity contribution is 1.13. The first kappa shape index (κ1) is 11.3. The number of hydrogen-bond acceptors (Lipinski definition) is 1. The van der Waals surface area contributed by atoms with Crippen LogP contribution in [0.3, 0.4) is 0 Å². The molecule has 0 spiro atoms. The molecule has 17 heavy (non-hydrogen) atoms. The minimum atomic E-state index is 1.04. The van der Waals surface area contributed by atoms with E-state index in [0.29, 0.717) is 0 Å². The van der Waals surface area contributed by atoms with Crippen LogP contribution >= 0.6 is 0 Å². The Labute approximate surface area is 103 Å². The number of nitrogens with zero attached hydrogens (tertiary/aromatic N) is 1. The van der Waals surface area contributed by atoms with Crippen LogP contribution in [-0.4, -0.2) is 14.1 Å². The van der Waals surface area contributed by atoms with Crippen molar-refractivity contribution in [2.24, 2.45) is 0 Å². The average molecular weight is 221 g/mol. The molecule has 0 N–H and O–H groups in total. The number of rotatable bonds is 1. The summed E-state index contributed by atoms with van der Waals surface area (Å²) in [4.78, 5) is 2.08. The van der Waals surface area contributed by atoms with E-state index in [4.69, 9.17) is 0 Å². The number of hydrogen-bond donors (Lipinski definition) is 0. The van der Waals surface area contributed by atoms with E-state index in [1.54, 1.807) is 0 Å². The summed E-state index contributed by atoms with van der Waals surface area (Å²) in [6.45, 7) is 0. The van der Waals surface area contributed by atoms with E-state index in [9.17, 15) is 0 Å². The summed E-state index contributed by atoms with van der Waals surface area (Å²) in [6, 6.07) is 18.2. The first-order chi connectivity index (χ1) is 8.27. The minimum Gasteiger partial charge on any atom is -0.377 e. The molecule has 1 heteroatoms. The van der Waals surface area contributed by atoms with E-state index in [-0.39, 0.29) is 0 Å². The molecular formula is C16H15N. The van der Waals surface area contributed by atoms with Crippen molar-refractivity contribution in [2.75, 3.05) is 19.0 Å².